The standard InChI is InChI=1S/C21H20N4O5S/c1-29-16-8-7-14(9-17(16)30-11-18(22)26)23-19(27)10-15-12-31-21(24-15)25-20(28)13-5-3-2-4-6-13/h2-9,12H,10-11H2,1H3,(H2,22,26)(H,23,27)(H,24,25,28). The quantitative estimate of drug-likeness (QED) is 0.468. The molecule has 10 heteroatoms. The fraction of sp³-hybridized carbons (Fsp3) is 0.143. The number of nitrogens with one attached hydrogen (secondary N) is 2. The van der Waals surface area contributed by atoms with E-state index in [0.29, 0.717) is 27.8 Å². The van der Waals surface area contributed by atoms with E-state index in [2.05, 4.69) is 15.6 Å². The molecule has 3 amide bonds. The number of amides is 3. The number of hydrogen-bond acceptors (Lipinski definition) is 7. The molecule has 0 aliphatic carbocycles. The van der Waals surface area contributed by atoms with E-state index in [0.717, 1.165) is 0 Å². The van der Waals surface area contributed by atoms with Crippen LogP contribution in [0.2, 0.25) is 0 Å². The first-order chi connectivity index (χ1) is 14.9. The van der Waals surface area contributed by atoms with Crippen LogP contribution in [0.15, 0.2) is 53.9 Å². The van der Waals surface area contributed by atoms with Crippen molar-refractivity contribution in [3.05, 3.63) is 65.2 Å². The molecule has 0 spiro atoms. The summed E-state index contributed by atoms with van der Waals surface area (Å²) in [4.78, 5) is 39.8. The number of nitrogens with zero attached hydrogens (tertiary/aromatic N) is 1. The van der Waals surface area contributed by atoms with Gasteiger partial charge >= 0.3 is 0 Å². The Bertz CT molecular complexity index is 1080. The van der Waals surface area contributed by atoms with Gasteiger partial charge in [0.2, 0.25) is 5.91 Å². The first kappa shape index (κ1) is 21.8. The molecule has 0 aliphatic heterocycles. The van der Waals surface area contributed by atoms with Crippen LogP contribution in [0.25, 0.3) is 0 Å². The molecule has 0 bridgehead atoms. The summed E-state index contributed by atoms with van der Waals surface area (Å²) in [5.74, 6) is -0.531. The highest BCUT2D eigenvalue weighted by Gasteiger charge is 2.13. The fourth-order valence-electron chi connectivity index (χ4n) is 2.59. The molecule has 4 N–H and O–H groups in total. The molecule has 31 heavy (non-hydrogen) atoms. The van der Waals surface area contributed by atoms with Crippen LogP contribution in [0, 0.1) is 0 Å². The minimum Gasteiger partial charge on any atom is -0.493 e. The Hall–Kier alpha value is -3.92. The molecule has 0 saturated heterocycles. The summed E-state index contributed by atoms with van der Waals surface area (Å²) in [7, 11) is 1.46. The van der Waals surface area contributed by atoms with Crippen molar-refractivity contribution < 1.29 is 23.9 Å². The summed E-state index contributed by atoms with van der Waals surface area (Å²) in [5, 5.41) is 7.56. The summed E-state index contributed by atoms with van der Waals surface area (Å²) in [5.41, 5.74) is 6.59. The van der Waals surface area contributed by atoms with Crippen molar-refractivity contribution >= 4 is 39.9 Å². The maximum atomic E-state index is 12.4. The lowest BCUT2D eigenvalue weighted by atomic mass is 10.2. The molecular weight excluding hydrogens is 420 g/mol. The Morgan fingerprint density at radius 1 is 1.06 bits per heavy atom. The van der Waals surface area contributed by atoms with Crippen molar-refractivity contribution in [3.63, 3.8) is 0 Å². The number of thiazole rings is 1. The van der Waals surface area contributed by atoms with Gasteiger partial charge in [0, 0.05) is 22.7 Å². The Morgan fingerprint density at radius 2 is 1.84 bits per heavy atom. The van der Waals surface area contributed by atoms with Crippen molar-refractivity contribution in [1.82, 2.24) is 4.98 Å². The maximum absolute atomic E-state index is 12.4. The first-order valence-electron chi connectivity index (χ1n) is 9.14. The molecule has 0 aliphatic rings. The monoisotopic (exact) mass is 440 g/mol. The second kappa shape index (κ2) is 10.2. The van der Waals surface area contributed by atoms with Crippen LogP contribution in [0.5, 0.6) is 11.5 Å². The highest BCUT2D eigenvalue weighted by atomic mass is 32.1. The van der Waals surface area contributed by atoms with Crippen LogP contribution in [-0.2, 0) is 16.0 Å². The van der Waals surface area contributed by atoms with Gasteiger partial charge in [-0.2, -0.15) is 0 Å². The number of primary amides is 1. The van der Waals surface area contributed by atoms with Crippen LogP contribution < -0.4 is 25.8 Å². The lowest BCUT2D eigenvalue weighted by Crippen LogP contribution is -2.20. The van der Waals surface area contributed by atoms with Gasteiger partial charge in [-0.15, -0.1) is 11.3 Å². The number of ether oxygens (including phenoxy) is 2. The number of carbonyl (C=O) groups excluding carboxylic acids is 3. The minimum absolute atomic E-state index is 0.0151. The molecule has 3 rings (SSSR count). The molecule has 9 nitrogen and oxygen atoms in total. The Kier molecular flexibility index (Phi) is 7.17. The van der Waals surface area contributed by atoms with E-state index < -0.39 is 5.91 Å². The van der Waals surface area contributed by atoms with Gasteiger partial charge in [0.1, 0.15) is 0 Å². The number of aromatic nitrogens is 1. The van der Waals surface area contributed by atoms with Gasteiger partial charge in [0.05, 0.1) is 19.2 Å². The molecule has 1 aromatic heterocycles. The van der Waals surface area contributed by atoms with E-state index in [1.54, 1.807) is 41.8 Å². The van der Waals surface area contributed by atoms with Crippen molar-refractivity contribution in [1.29, 1.82) is 0 Å². The van der Waals surface area contributed by atoms with Crippen LogP contribution in [0.3, 0.4) is 0 Å². The number of benzene rings is 2. The second-order valence-corrected chi connectivity index (χ2v) is 7.17. The molecule has 160 valence electrons. The number of hydrogen-bond donors (Lipinski definition) is 3. The largest absolute Gasteiger partial charge is 0.493 e. The summed E-state index contributed by atoms with van der Waals surface area (Å²) in [6.07, 6.45) is 0.0151. The predicted octanol–water partition coefficient (Wildman–Crippen LogP) is 2.45. The van der Waals surface area contributed by atoms with Gasteiger partial charge in [0.15, 0.2) is 23.2 Å². The van der Waals surface area contributed by atoms with E-state index >= 15 is 0 Å². The molecule has 0 radical (unpaired) electrons. The lowest BCUT2D eigenvalue weighted by molar-refractivity contribution is -0.120. The van der Waals surface area contributed by atoms with Crippen LogP contribution in [0.4, 0.5) is 10.8 Å². The van der Waals surface area contributed by atoms with E-state index in [9.17, 15) is 14.4 Å². The van der Waals surface area contributed by atoms with E-state index in [4.69, 9.17) is 15.2 Å². The molecule has 0 fully saturated rings. The molecule has 0 atom stereocenters. The highest BCUT2D eigenvalue weighted by Crippen LogP contribution is 2.30. The van der Waals surface area contributed by atoms with E-state index in [1.807, 2.05) is 6.07 Å². The van der Waals surface area contributed by atoms with Crippen LogP contribution in [0.1, 0.15) is 16.1 Å². The van der Waals surface area contributed by atoms with Crippen molar-refractivity contribution in [2.45, 2.75) is 6.42 Å². The van der Waals surface area contributed by atoms with E-state index in [-0.39, 0.29) is 30.6 Å². The zero-order valence-corrected chi connectivity index (χ0v) is 17.4. The zero-order valence-electron chi connectivity index (χ0n) is 16.6. The van der Waals surface area contributed by atoms with Gasteiger partial charge in [-0.05, 0) is 24.3 Å². The Balaban J connectivity index is 1.59. The van der Waals surface area contributed by atoms with Crippen molar-refractivity contribution in [2.24, 2.45) is 5.73 Å². The van der Waals surface area contributed by atoms with Gasteiger partial charge < -0.3 is 20.5 Å². The molecule has 3 aromatic rings. The smallest absolute Gasteiger partial charge is 0.257 e. The average Bonchev–Trinajstić information content (AvgIpc) is 3.19. The lowest BCUT2D eigenvalue weighted by Gasteiger charge is -2.12. The number of rotatable bonds is 9. The summed E-state index contributed by atoms with van der Waals surface area (Å²) in [6.45, 7) is -0.315. The third-order valence-corrected chi connectivity index (χ3v) is 4.77. The molecule has 0 unspecified atom stereocenters. The molecule has 2 aromatic carbocycles. The number of carbonyl (C=O) groups is 3. The minimum atomic E-state index is -0.629. The first-order valence-corrected chi connectivity index (χ1v) is 10.0. The maximum Gasteiger partial charge on any atom is 0.257 e. The SMILES string of the molecule is COc1ccc(NC(=O)Cc2csc(NC(=O)c3ccccc3)n2)cc1OCC(N)=O. The Morgan fingerprint density at radius 3 is 2.55 bits per heavy atom. The third-order valence-electron chi connectivity index (χ3n) is 3.97. The van der Waals surface area contributed by atoms with E-state index in [1.165, 1.54) is 24.5 Å². The third kappa shape index (κ3) is 6.28. The highest BCUT2D eigenvalue weighted by molar-refractivity contribution is 7.14. The number of methoxy groups -OCH3 is 1. The normalized spacial score (nSPS) is 10.2. The average molecular weight is 440 g/mol. The summed E-state index contributed by atoms with van der Waals surface area (Å²) >= 11 is 1.23. The summed E-state index contributed by atoms with van der Waals surface area (Å²) in [6, 6.07) is 13.6. The molecule has 1 heterocycles. The zero-order chi connectivity index (χ0) is 22.2. The topological polar surface area (TPSA) is 133 Å². The number of nitrogens with two attached hydrogens (primary N) is 1. The van der Waals surface area contributed by atoms with Crippen LogP contribution >= 0.6 is 11.3 Å². The van der Waals surface area contributed by atoms with Gasteiger partial charge in [-0.1, -0.05) is 18.2 Å². The van der Waals surface area contributed by atoms with Crippen molar-refractivity contribution in [3.8, 4) is 11.5 Å². The second-order valence-electron chi connectivity index (χ2n) is 6.31. The fourth-order valence-corrected chi connectivity index (χ4v) is 3.30. The van der Waals surface area contributed by atoms with Crippen molar-refractivity contribution in [2.75, 3.05) is 24.4 Å². The summed E-state index contributed by atoms with van der Waals surface area (Å²) < 4.78 is 10.5. The molecule has 0 saturated carbocycles. The van der Waals surface area contributed by atoms with Gasteiger partial charge in [-0.25, -0.2) is 4.98 Å². The van der Waals surface area contributed by atoms with Gasteiger partial charge in [-0.3, -0.25) is 19.7 Å². The number of anilines is 2. The predicted molar refractivity (Wildman–Crippen MR) is 117 cm³/mol. The molecular formula is C21H20N4O5S. The Labute approximate surface area is 182 Å². The van der Waals surface area contributed by atoms with Crippen LogP contribution in [-0.4, -0.2) is 36.4 Å². The van der Waals surface area contributed by atoms with Gasteiger partial charge in [0.25, 0.3) is 11.8 Å².